The molecule has 0 spiro atoms. The number of likely N-dealkylation sites (N-methyl/N-ethyl adjacent to an activating group) is 1. The molecule has 0 saturated carbocycles. The van der Waals surface area contributed by atoms with Crippen LogP contribution in [0.2, 0.25) is 0 Å². The predicted molar refractivity (Wildman–Crippen MR) is 93.2 cm³/mol. The normalized spacial score (nSPS) is 11.5. The molecule has 0 unspecified atom stereocenters. The van der Waals surface area contributed by atoms with Crippen LogP contribution in [0, 0.1) is 6.92 Å². The van der Waals surface area contributed by atoms with Crippen molar-refractivity contribution in [1.82, 2.24) is 25.4 Å². The van der Waals surface area contributed by atoms with Crippen molar-refractivity contribution >= 4 is 41.8 Å². The SMILES string of the molecule is CCN[C@H](C)CNC(=O)c1cnc2c(c1)c(C)nn2C.Cl.Cl. The number of halogens is 2. The Morgan fingerprint density at radius 2 is 2.09 bits per heavy atom. The molecule has 2 N–H and O–H groups in total. The molecule has 0 aliphatic heterocycles. The summed E-state index contributed by atoms with van der Waals surface area (Å²) in [5.74, 6) is -0.104. The first-order valence-corrected chi connectivity index (χ1v) is 6.83. The zero-order valence-electron chi connectivity index (χ0n) is 13.2. The molecule has 2 aromatic heterocycles. The largest absolute Gasteiger partial charge is 0.350 e. The Labute approximate surface area is 142 Å². The topological polar surface area (TPSA) is 71.8 Å². The Bertz CT molecular complexity index is 629. The second kappa shape index (κ2) is 8.92. The second-order valence-electron chi connectivity index (χ2n) is 4.97. The van der Waals surface area contributed by atoms with E-state index in [1.165, 1.54) is 0 Å². The summed E-state index contributed by atoms with van der Waals surface area (Å²) in [6.07, 6.45) is 1.59. The second-order valence-corrected chi connectivity index (χ2v) is 4.97. The van der Waals surface area contributed by atoms with Gasteiger partial charge in [-0.05, 0) is 26.5 Å². The van der Waals surface area contributed by atoms with Crippen molar-refractivity contribution < 1.29 is 4.79 Å². The molecule has 2 heterocycles. The molecule has 8 heteroatoms. The van der Waals surface area contributed by atoms with Gasteiger partial charge in [0.15, 0.2) is 5.65 Å². The molecule has 0 bridgehead atoms. The van der Waals surface area contributed by atoms with E-state index in [1.54, 1.807) is 10.9 Å². The molecule has 0 aliphatic rings. The van der Waals surface area contributed by atoms with Crippen molar-refractivity contribution in [2.24, 2.45) is 7.05 Å². The Morgan fingerprint density at radius 3 is 2.73 bits per heavy atom. The Balaban J connectivity index is 0.00000220. The van der Waals surface area contributed by atoms with E-state index in [9.17, 15) is 4.79 Å². The van der Waals surface area contributed by atoms with Crippen molar-refractivity contribution in [1.29, 1.82) is 0 Å². The highest BCUT2D eigenvalue weighted by molar-refractivity contribution is 5.97. The minimum atomic E-state index is -0.104. The van der Waals surface area contributed by atoms with Gasteiger partial charge in [0.25, 0.3) is 5.91 Å². The molecule has 1 amide bonds. The van der Waals surface area contributed by atoms with Gasteiger partial charge in [0.05, 0.1) is 11.3 Å². The van der Waals surface area contributed by atoms with Gasteiger partial charge in [-0.1, -0.05) is 6.92 Å². The van der Waals surface area contributed by atoms with E-state index in [1.807, 2.05) is 33.9 Å². The Morgan fingerprint density at radius 1 is 1.41 bits per heavy atom. The molecule has 22 heavy (non-hydrogen) atoms. The summed E-state index contributed by atoms with van der Waals surface area (Å²) in [5.41, 5.74) is 2.24. The van der Waals surface area contributed by atoms with E-state index in [-0.39, 0.29) is 36.8 Å². The third-order valence-corrected chi connectivity index (χ3v) is 3.25. The molecule has 6 nitrogen and oxygen atoms in total. The molecule has 1 atom stereocenters. The lowest BCUT2D eigenvalue weighted by atomic mass is 10.2. The van der Waals surface area contributed by atoms with Crippen LogP contribution < -0.4 is 10.6 Å². The number of amides is 1. The summed E-state index contributed by atoms with van der Waals surface area (Å²) < 4.78 is 1.72. The minimum absolute atomic E-state index is 0. The van der Waals surface area contributed by atoms with Crippen molar-refractivity contribution in [2.45, 2.75) is 26.8 Å². The zero-order chi connectivity index (χ0) is 14.7. The van der Waals surface area contributed by atoms with Gasteiger partial charge in [-0.15, -0.1) is 24.8 Å². The van der Waals surface area contributed by atoms with Gasteiger partial charge in [-0.25, -0.2) is 4.98 Å². The number of pyridine rings is 1. The third-order valence-electron chi connectivity index (χ3n) is 3.25. The summed E-state index contributed by atoms with van der Waals surface area (Å²) in [6, 6.07) is 2.10. The van der Waals surface area contributed by atoms with Crippen LogP contribution in [0.25, 0.3) is 11.0 Å². The number of rotatable bonds is 5. The zero-order valence-corrected chi connectivity index (χ0v) is 14.8. The number of carbonyl (C=O) groups is 1. The summed E-state index contributed by atoms with van der Waals surface area (Å²) >= 11 is 0. The van der Waals surface area contributed by atoms with Crippen LogP contribution in [-0.4, -0.2) is 39.8 Å². The van der Waals surface area contributed by atoms with Gasteiger partial charge in [0, 0.05) is 31.2 Å². The highest BCUT2D eigenvalue weighted by Crippen LogP contribution is 2.16. The molecule has 124 valence electrons. The van der Waals surface area contributed by atoms with Crippen molar-refractivity contribution in [3.05, 3.63) is 23.5 Å². The Hall–Kier alpha value is -1.37. The van der Waals surface area contributed by atoms with E-state index < -0.39 is 0 Å². The van der Waals surface area contributed by atoms with Crippen molar-refractivity contribution in [3.63, 3.8) is 0 Å². The smallest absolute Gasteiger partial charge is 0.252 e. The lowest BCUT2D eigenvalue weighted by molar-refractivity contribution is 0.0950. The summed E-state index contributed by atoms with van der Waals surface area (Å²) in [6.45, 7) is 7.48. The Kier molecular flexibility index (Phi) is 8.37. The van der Waals surface area contributed by atoms with Crippen molar-refractivity contribution in [3.8, 4) is 0 Å². The van der Waals surface area contributed by atoms with E-state index in [4.69, 9.17) is 0 Å². The molecule has 0 aliphatic carbocycles. The highest BCUT2D eigenvalue weighted by Gasteiger charge is 2.12. The minimum Gasteiger partial charge on any atom is -0.350 e. The maximum absolute atomic E-state index is 12.1. The van der Waals surface area contributed by atoms with Crippen molar-refractivity contribution in [2.75, 3.05) is 13.1 Å². The maximum Gasteiger partial charge on any atom is 0.252 e. The number of hydrogen-bond acceptors (Lipinski definition) is 4. The quantitative estimate of drug-likeness (QED) is 0.865. The number of fused-ring (bicyclic) bond motifs is 1. The average Bonchev–Trinajstić information content (AvgIpc) is 2.71. The van der Waals surface area contributed by atoms with Crippen LogP contribution in [0.5, 0.6) is 0 Å². The first-order chi connectivity index (χ1) is 9.52. The number of aryl methyl sites for hydroxylation is 2. The monoisotopic (exact) mass is 347 g/mol. The van der Waals surface area contributed by atoms with Crippen LogP contribution in [0.15, 0.2) is 12.3 Å². The molecule has 0 aromatic carbocycles. The molecule has 0 saturated heterocycles. The summed E-state index contributed by atoms with van der Waals surface area (Å²) in [4.78, 5) is 16.4. The number of nitrogens with one attached hydrogen (secondary N) is 2. The fourth-order valence-corrected chi connectivity index (χ4v) is 2.20. The van der Waals surface area contributed by atoms with Gasteiger partial charge < -0.3 is 10.6 Å². The van der Waals surface area contributed by atoms with Gasteiger partial charge in [0.1, 0.15) is 0 Å². The number of hydrogen-bond donors (Lipinski definition) is 2. The van der Waals surface area contributed by atoms with Gasteiger partial charge in [-0.2, -0.15) is 5.10 Å². The number of carbonyl (C=O) groups excluding carboxylic acids is 1. The van der Waals surface area contributed by atoms with Crippen LogP contribution in [0.1, 0.15) is 29.9 Å². The lowest BCUT2D eigenvalue weighted by Gasteiger charge is -2.13. The summed E-state index contributed by atoms with van der Waals surface area (Å²) in [5, 5.41) is 11.4. The van der Waals surface area contributed by atoms with Crippen LogP contribution in [0.3, 0.4) is 0 Å². The van der Waals surface area contributed by atoms with Crippen LogP contribution in [0.4, 0.5) is 0 Å². The van der Waals surface area contributed by atoms with E-state index >= 15 is 0 Å². The lowest BCUT2D eigenvalue weighted by Crippen LogP contribution is -2.38. The van der Waals surface area contributed by atoms with E-state index in [0.717, 1.165) is 23.3 Å². The first kappa shape index (κ1) is 20.6. The fourth-order valence-electron chi connectivity index (χ4n) is 2.20. The number of aromatic nitrogens is 3. The molecule has 0 radical (unpaired) electrons. The van der Waals surface area contributed by atoms with Crippen LogP contribution >= 0.6 is 24.8 Å². The third kappa shape index (κ3) is 4.56. The van der Waals surface area contributed by atoms with E-state index in [0.29, 0.717) is 12.1 Å². The molecule has 2 aromatic rings. The molecule has 2 rings (SSSR count). The van der Waals surface area contributed by atoms with Gasteiger partial charge in [-0.3, -0.25) is 9.48 Å². The molecular formula is C14H23Cl2N5O. The molecular weight excluding hydrogens is 325 g/mol. The first-order valence-electron chi connectivity index (χ1n) is 6.83. The van der Waals surface area contributed by atoms with E-state index in [2.05, 4.69) is 20.7 Å². The standard InChI is InChI=1S/C14H21N5O.2ClH/c1-5-15-9(2)7-17-14(20)11-6-12-10(3)18-19(4)13(12)16-8-11;;/h6,8-9,15H,5,7H2,1-4H3,(H,17,20);2*1H/t9-;;/m1../s1. The maximum atomic E-state index is 12.1. The molecule has 0 fully saturated rings. The van der Waals surface area contributed by atoms with Crippen LogP contribution in [-0.2, 0) is 7.05 Å². The summed E-state index contributed by atoms with van der Waals surface area (Å²) in [7, 11) is 1.85. The fraction of sp³-hybridized carbons (Fsp3) is 0.500. The predicted octanol–water partition coefficient (Wildman–Crippen LogP) is 1.85. The average molecular weight is 348 g/mol. The highest BCUT2D eigenvalue weighted by atomic mass is 35.5. The number of nitrogens with zero attached hydrogens (tertiary/aromatic N) is 3. The van der Waals surface area contributed by atoms with Gasteiger partial charge >= 0.3 is 0 Å². The van der Waals surface area contributed by atoms with Gasteiger partial charge in [0.2, 0.25) is 0 Å².